The summed E-state index contributed by atoms with van der Waals surface area (Å²) in [6.07, 6.45) is -2.91. The number of rotatable bonds is 0. The van der Waals surface area contributed by atoms with Crippen LogP contribution in [0.15, 0.2) is 0 Å². The van der Waals surface area contributed by atoms with Crippen LogP contribution in [0.2, 0.25) is 0 Å². The number of carbonyl (C=O) groups is 1. The molecule has 10 heavy (non-hydrogen) atoms. The van der Waals surface area contributed by atoms with E-state index in [2.05, 4.69) is 18.3 Å². The molecule has 2 saturated heterocycles. The van der Waals surface area contributed by atoms with Gasteiger partial charge in [-0.05, 0) is 0 Å². The minimum absolute atomic E-state index is 0.968. The van der Waals surface area contributed by atoms with E-state index in [0.29, 0.717) is 0 Å². The van der Waals surface area contributed by atoms with Crippen LogP contribution in [0.25, 0.3) is 0 Å². The van der Waals surface area contributed by atoms with E-state index in [0.717, 1.165) is 0 Å². The first kappa shape index (κ1) is 6.06. The van der Waals surface area contributed by atoms with Gasteiger partial charge >= 0.3 is 21.4 Å². The van der Waals surface area contributed by atoms with Crippen molar-refractivity contribution in [3.63, 3.8) is 0 Å². The molecule has 2 N–H and O–H groups in total. The summed E-state index contributed by atoms with van der Waals surface area (Å²) in [5.74, 6) is 0. The zero-order valence-electron chi connectivity index (χ0n) is 4.44. The lowest BCUT2D eigenvalue weighted by Crippen LogP contribution is -2.74. The van der Waals surface area contributed by atoms with Crippen molar-refractivity contribution in [2.24, 2.45) is 0 Å². The van der Waals surface area contributed by atoms with Gasteiger partial charge in [-0.2, -0.15) is 0 Å². The Kier molecular flexibility index (Phi) is 0.807. The molecular weight excluding hydrogens is 164 g/mol. The molecule has 1 spiro atoms. The fraction of sp³-hybridized carbons (Fsp3) is 0.500. The van der Waals surface area contributed by atoms with Gasteiger partial charge in [0.2, 0.25) is 0 Å². The second-order valence-electron chi connectivity index (χ2n) is 1.71. The van der Waals surface area contributed by atoms with Crippen molar-refractivity contribution in [2.75, 3.05) is 0 Å². The first-order chi connectivity index (χ1) is 4.52. The van der Waals surface area contributed by atoms with Gasteiger partial charge in [0, 0.05) is 0 Å². The molecule has 0 aromatic rings. The summed E-state index contributed by atoms with van der Waals surface area (Å²) >= 11 is 0. The monoisotopic (exact) mass is 166 g/mol. The largest absolute Gasteiger partial charge is 0.689 e. The average molecular weight is 166 g/mol. The van der Waals surface area contributed by atoms with E-state index in [1.54, 1.807) is 0 Å². The van der Waals surface area contributed by atoms with Crippen LogP contribution < -0.4 is 0 Å². The highest BCUT2D eigenvalue weighted by molar-refractivity contribution is 6.52. The van der Waals surface area contributed by atoms with Crippen LogP contribution in [-0.2, 0) is 18.3 Å². The Balaban J connectivity index is 1.96. The second kappa shape index (κ2) is 1.33. The highest BCUT2D eigenvalue weighted by Crippen LogP contribution is 2.39. The minimum atomic E-state index is -3.99. The summed E-state index contributed by atoms with van der Waals surface area (Å²) in [5.41, 5.74) is 0. The van der Waals surface area contributed by atoms with Crippen LogP contribution in [0.5, 0.6) is 0 Å². The van der Waals surface area contributed by atoms with Gasteiger partial charge in [0.1, 0.15) is 0 Å². The average Bonchev–Trinajstić information content (AvgIpc) is 1.55. The first-order valence-electron chi connectivity index (χ1n) is 2.28. The van der Waals surface area contributed by atoms with E-state index in [9.17, 15) is 4.79 Å². The molecule has 56 valence electrons. The van der Waals surface area contributed by atoms with E-state index in [1.807, 2.05) is 0 Å². The van der Waals surface area contributed by atoms with Gasteiger partial charge in [-0.1, -0.05) is 0 Å². The van der Waals surface area contributed by atoms with Crippen LogP contribution in [-0.4, -0.2) is 31.0 Å². The summed E-state index contributed by atoms with van der Waals surface area (Å²) in [7, 11) is -3.99. The summed E-state index contributed by atoms with van der Waals surface area (Å²) in [5, 5.41) is 0. The topological polar surface area (TPSA) is 94.5 Å². The highest BCUT2D eigenvalue weighted by Gasteiger charge is 2.74. The minimum Gasteiger partial charge on any atom is -0.367 e. The normalized spacial score (nSPS) is 31.6. The molecule has 2 heterocycles. The highest BCUT2D eigenvalue weighted by atomic mass is 28.4. The van der Waals surface area contributed by atoms with Crippen LogP contribution in [0, 0.1) is 0 Å². The number of carbonyl (C=O) groups excluding carboxylic acids is 1. The Morgan fingerprint density at radius 2 is 1.80 bits per heavy atom. The van der Waals surface area contributed by atoms with E-state index >= 15 is 0 Å². The van der Waals surface area contributed by atoms with Crippen LogP contribution in [0.1, 0.15) is 0 Å². The van der Waals surface area contributed by atoms with Gasteiger partial charge in [0.05, 0.1) is 0 Å². The molecule has 2 aliphatic rings. The molecule has 0 amide bonds. The third-order valence-corrected chi connectivity index (χ3v) is 1.96. The molecule has 2 rings (SSSR count). The predicted octanol–water partition coefficient (Wildman–Crippen LogP) is -1.77. The fourth-order valence-corrected chi connectivity index (χ4v) is 1.46. The molecule has 0 aromatic carbocycles. The van der Waals surface area contributed by atoms with Crippen LogP contribution in [0.4, 0.5) is 4.79 Å². The van der Waals surface area contributed by atoms with Gasteiger partial charge in [0.25, 0.3) is 0 Å². The molecule has 8 heteroatoms. The first-order valence-corrected chi connectivity index (χ1v) is 4.00. The number of hydrogen-bond acceptors (Lipinski definition) is 7. The summed E-state index contributed by atoms with van der Waals surface area (Å²) in [6, 6.07) is 0. The van der Waals surface area contributed by atoms with E-state index in [4.69, 9.17) is 9.59 Å². The van der Waals surface area contributed by atoms with Crippen molar-refractivity contribution < 1.29 is 32.7 Å². The van der Waals surface area contributed by atoms with Crippen LogP contribution >= 0.6 is 0 Å². The van der Waals surface area contributed by atoms with E-state index in [-0.39, 0.29) is 0 Å². The standard InChI is InChI=1S/C2H2O7Si/c3-1-6-2(7-1)8-10(4,5)9-2/h4-5H. The molecule has 0 atom stereocenters. The molecule has 2 fully saturated rings. The Hall–Kier alpha value is -0.673. The smallest absolute Gasteiger partial charge is 0.367 e. The zero-order valence-corrected chi connectivity index (χ0v) is 5.44. The van der Waals surface area contributed by atoms with Gasteiger partial charge in [-0.3, -0.25) is 8.85 Å². The molecule has 0 bridgehead atoms. The third kappa shape index (κ3) is 0.645. The van der Waals surface area contributed by atoms with Gasteiger partial charge in [0.15, 0.2) is 0 Å². The van der Waals surface area contributed by atoms with Crippen molar-refractivity contribution in [3.8, 4) is 0 Å². The Labute approximate surface area is 55.2 Å². The summed E-state index contributed by atoms with van der Waals surface area (Å²) < 4.78 is 16.6. The maximum Gasteiger partial charge on any atom is 0.689 e. The van der Waals surface area contributed by atoms with Crippen LogP contribution in [0.3, 0.4) is 0 Å². The molecule has 7 nitrogen and oxygen atoms in total. The molecule has 2 aliphatic heterocycles. The van der Waals surface area contributed by atoms with E-state index < -0.39 is 21.4 Å². The van der Waals surface area contributed by atoms with Crippen molar-refractivity contribution in [1.82, 2.24) is 0 Å². The summed E-state index contributed by atoms with van der Waals surface area (Å²) in [4.78, 5) is 26.9. The molecule has 0 radical (unpaired) electrons. The van der Waals surface area contributed by atoms with Gasteiger partial charge in [-0.25, -0.2) is 4.79 Å². The molecule has 0 aliphatic carbocycles. The fourth-order valence-electron chi connectivity index (χ4n) is 0.628. The number of hydrogen-bond donors (Lipinski definition) is 2. The van der Waals surface area contributed by atoms with Crippen molar-refractivity contribution in [3.05, 3.63) is 0 Å². The van der Waals surface area contributed by atoms with Crippen molar-refractivity contribution in [1.29, 1.82) is 0 Å². The SMILES string of the molecule is O=C1OC2(O1)O[Si](O)(O)O2. The third-order valence-electron chi connectivity index (χ3n) is 0.933. The van der Waals surface area contributed by atoms with Gasteiger partial charge in [-0.15, -0.1) is 0 Å². The quantitative estimate of drug-likeness (QED) is 0.325. The lowest BCUT2D eigenvalue weighted by atomic mass is 10.9. The maximum absolute atomic E-state index is 9.97. The lowest BCUT2D eigenvalue weighted by Gasteiger charge is -2.46. The maximum atomic E-state index is 9.97. The Bertz CT molecular complexity index is 180. The molecule has 0 saturated carbocycles. The molecule has 0 aromatic heterocycles. The predicted molar refractivity (Wildman–Crippen MR) is 22.7 cm³/mol. The van der Waals surface area contributed by atoms with Crippen molar-refractivity contribution >= 4 is 15.2 Å². The van der Waals surface area contributed by atoms with Crippen molar-refractivity contribution in [2.45, 2.75) is 6.16 Å². The Morgan fingerprint density at radius 3 is 2.10 bits per heavy atom. The zero-order chi connectivity index (χ0) is 7.41. The van der Waals surface area contributed by atoms with E-state index in [1.165, 1.54) is 0 Å². The summed E-state index contributed by atoms with van der Waals surface area (Å²) in [6.45, 7) is 0. The molecule has 0 unspecified atom stereocenters. The second-order valence-corrected chi connectivity index (χ2v) is 3.21. The van der Waals surface area contributed by atoms with Gasteiger partial charge < -0.3 is 19.1 Å². The Morgan fingerprint density at radius 1 is 1.30 bits per heavy atom. The number of ether oxygens (including phenoxy) is 2. The lowest BCUT2D eigenvalue weighted by molar-refractivity contribution is -0.540. The molecular formula is C2H2O7Si.